The summed E-state index contributed by atoms with van der Waals surface area (Å²) in [6.45, 7) is 4.35. The topological polar surface area (TPSA) is 38.7 Å². The molecule has 0 aliphatic heterocycles. The van der Waals surface area contributed by atoms with E-state index in [4.69, 9.17) is 9.73 Å². The van der Waals surface area contributed by atoms with Gasteiger partial charge in [0.1, 0.15) is 0 Å². The number of nitrogens with zero attached hydrogens (tertiary/aromatic N) is 1. The molecule has 0 aliphatic rings. The summed E-state index contributed by atoms with van der Waals surface area (Å²) in [5.74, 6) is -0.315. The van der Waals surface area contributed by atoms with Crippen molar-refractivity contribution in [3.63, 3.8) is 0 Å². The van der Waals surface area contributed by atoms with Crippen LogP contribution in [0.1, 0.15) is 44.2 Å². The number of carbonyl (C=O) groups excluding carboxylic acids is 1. The van der Waals surface area contributed by atoms with E-state index < -0.39 is 0 Å². The Balaban J connectivity index is 2.37. The molecule has 0 aliphatic carbocycles. The molecule has 3 nitrogen and oxygen atoms in total. The van der Waals surface area contributed by atoms with E-state index in [2.05, 4.69) is 31.2 Å². The maximum atomic E-state index is 11.7. The molecule has 2 aromatic carbocycles. The van der Waals surface area contributed by atoms with Crippen molar-refractivity contribution in [1.82, 2.24) is 0 Å². The van der Waals surface area contributed by atoms with Crippen LogP contribution in [-0.2, 0) is 9.53 Å². The van der Waals surface area contributed by atoms with Crippen molar-refractivity contribution in [1.29, 1.82) is 0 Å². The van der Waals surface area contributed by atoms with Gasteiger partial charge in [0.05, 0.1) is 18.4 Å². The second-order valence-corrected chi connectivity index (χ2v) is 6.03. The number of rotatable bonds is 9. The molecule has 1 unspecified atom stereocenters. The molecule has 2 rings (SSSR count). The van der Waals surface area contributed by atoms with E-state index in [-0.39, 0.29) is 12.0 Å². The Labute approximate surface area is 156 Å². The van der Waals surface area contributed by atoms with Crippen molar-refractivity contribution in [2.75, 3.05) is 6.61 Å². The van der Waals surface area contributed by atoms with Crippen LogP contribution in [0.5, 0.6) is 0 Å². The van der Waals surface area contributed by atoms with E-state index in [9.17, 15) is 4.79 Å². The van der Waals surface area contributed by atoms with Crippen LogP contribution in [0.4, 0.5) is 0 Å². The predicted octanol–water partition coefficient (Wildman–Crippen LogP) is 5.20. The van der Waals surface area contributed by atoms with Gasteiger partial charge in [-0.05, 0) is 13.3 Å². The van der Waals surface area contributed by atoms with Gasteiger partial charge < -0.3 is 4.74 Å². The van der Waals surface area contributed by atoms with Crippen molar-refractivity contribution in [2.24, 2.45) is 4.99 Å². The molecular formula is C23H27NO2. The fourth-order valence-electron chi connectivity index (χ4n) is 2.67. The number of ether oxygens (including phenoxy) is 1. The molecule has 1 atom stereocenters. The van der Waals surface area contributed by atoms with Gasteiger partial charge in [-0.3, -0.25) is 4.99 Å². The van der Waals surface area contributed by atoms with Gasteiger partial charge in [-0.1, -0.05) is 86.5 Å². The van der Waals surface area contributed by atoms with Gasteiger partial charge in [0, 0.05) is 17.2 Å². The number of esters is 1. The normalized spacial score (nSPS) is 11.9. The summed E-state index contributed by atoms with van der Waals surface area (Å²) < 4.78 is 5.00. The number of unbranched alkanes of at least 4 members (excludes halogenated alkanes) is 1. The third-order valence-electron chi connectivity index (χ3n) is 3.98. The molecule has 0 bridgehead atoms. The standard InChI is InChI=1S/C23H27NO2/c1-3-5-16-21(17-18-22(25)26-4-2)24-23(19-12-8-6-9-13-19)20-14-10-7-11-15-20/h6-15,17-18,21H,3-5,16H2,1-2H3/b18-17+. The van der Waals surface area contributed by atoms with Gasteiger partial charge in [0.2, 0.25) is 0 Å². The first-order chi connectivity index (χ1) is 12.7. The van der Waals surface area contributed by atoms with Crippen LogP contribution in [0.25, 0.3) is 0 Å². The zero-order valence-electron chi connectivity index (χ0n) is 15.6. The molecule has 0 saturated heterocycles. The zero-order valence-corrected chi connectivity index (χ0v) is 15.6. The molecule has 2 aromatic rings. The summed E-state index contributed by atoms with van der Waals surface area (Å²) in [4.78, 5) is 16.7. The average molecular weight is 349 g/mol. The van der Waals surface area contributed by atoms with Crippen molar-refractivity contribution >= 4 is 11.7 Å². The second-order valence-electron chi connectivity index (χ2n) is 6.03. The van der Waals surface area contributed by atoms with Crippen molar-refractivity contribution in [3.8, 4) is 0 Å². The highest BCUT2D eigenvalue weighted by atomic mass is 16.5. The molecule has 0 saturated carbocycles. The van der Waals surface area contributed by atoms with Crippen LogP contribution in [0, 0.1) is 0 Å². The minimum Gasteiger partial charge on any atom is -0.463 e. The first kappa shape index (κ1) is 19.6. The number of carbonyl (C=O) groups is 1. The molecule has 0 N–H and O–H groups in total. The number of aliphatic imine (C=N–C) groups is 1. The lowest BCUT2D eigenvalue weighted by Crippen LogP contribution is -2.11. The molecule has 136 valence electrons. The smallest absolute Gasteiger partial charge is 0.330 e. The highest BCUT2D eigenvalue weighted by Crippen LogP contribution is 2.15. The summed E-state index contributed by atoms with van der Waals surface area (Å²) in [7, 11) is 0. The van der Waals surface area contributed by atoms with Crippen LogP contribution in [0.15, 0.2) is 77.8 Å². The fourth-order valence-corrected chi connectivity index (χ4v) is 2.67. The van der Waals surface area contributed by atoms with Crippen LogP contribution in [0.2, 0.25) is 0 Å². The van der Waals surface area contributed by atoms with Crippen LogP contribution < -0.4 is 0 Å². The number of hydrogen-bond donors (Lipinski definition) is 0. The molecule has 0 heterocycles. The lowest BCUT2D eigenvalue weighted by molar-refractivity contribution is -0.137. The molecule has 0 radical (unpaired) electrons. The molecule has 0 aromatic heterocycles. The minimum absolute atomic E-state index is 0.0604. The second kappa shape index (κ2) is 11.0. The Kier molecular flexibility index (Phi) is 8.34. The van der Waals surface area contributed by atoms with Crippen LogP contribution >= 0.6 is 0 Å². The fraction of sp³-hybridized carbons (Fsp3) is 0.304. The monoisotopic (exact) mass is 349 g/mol. The maximum absolute atomic E-state index is 11.7. The van der Waals surface area contributed by atoms with Gasteiger partial charge >= 0.3 is 5.97 Å². The summed E-state index contributed by atoms with van der Waals surface area (Å²) in [6, 6.07) is 20.3. The molecule has 0 fully saturated rings. The molecular weight excluding hydrogens is 322 g/mol. The first-order valence-electron chi connectivity index (χ1n) is 9.28. The van der Waals surface area contributed by atoms with E-state index in [1.165, 1.54) is 6.08 Å². The summed E-state index contributed by atoms with van der Waals surface area (Å²) in [6.07, 6.45) is 6.40. The Morgan fingerprint density at radius 2 is 1.58 bits per heavy atom. The third kappa shape index (κ3) is 6.32. The Hall–Kier alpha value is -2.68. The maximum Gasteiger partial charge on any atom is 0.330 e. The Morgan fingerprint density at radius 3 is 2.08 bits per heavy atom. The average Bonchev–Trinajstić information content (AvgIpc) is 2.69. The molecule has 3 heteroatoms. The quantitative estimate of drug-likeness (QED) is 0.354. The number of hydrogen-bond acceptors (Lipinski definition) is 3. The highest BCUT2D eigenvalue weighted by molar-refractivity contribution is 6.13. The minimum atomic E-state index is -0.315. The highest BCUT2D eigenvalue weighted by Gasteiger charge is 2.10. The van der Waals surface area contributed by atoms with Gasteiger partial charge in [-0.25, -0.2) is 4.79 Å². The summed E-state index contributed by atoms with van der Waals surface area (Å²) in [5.41, 5.74) is 3.09. The van der Waals surface area contributed by atoms with Crippen LogP contribution in [-0.4, -0.2) is 24.3 Å². The molecule has 0 amide bonds. The van der Waals surface area contributed by atoms with Crippen molar-refractivity contribution in [3.05, 3.63) is 83.9 Å². The first-order valence-corrected chi connectivity index (χ1v) is 9.28. The lowest BCUT2D eigenvalue weighted by atomic mass is 10.0. The van der Waals surface area contributed by atoms with Gasteiger partial charge in [0.15, 0.2) is 0 Å². The predicted molar refractivity (Wildman–Crippen MR) is 108 cm³/mol. The van der Waals surface area contributed by atoms with E-state index >= 15 is 0 Å². The van der Waals surface area contributed by atoms with E-state index in [1.807, 2.05) is 42.5 Å². The van der Waals surface area contributed by atoms with E-state index in [1.54, 1.807) is 6.92 Å². The number of benzene rings is 2. The van der Waals surface area contributed by atoms with E-state index in [0.717, 1.165) is 36.1 Å². The molecule has 26 heavy (non-hydrogen) atoms. The van der Waals surface area contributed by atoms with E-state index in [0.29, 0.717) is 6.61 Å². The van der Waals surface area contributed by atoms with Crippen LogP contribution in [0.3, 0.4) is 0 Å². The van der Waals surface area contributed by atoms with Gasteiger partial charge in [0.25, 0.3) is 0 Å². The largest absolute Gasteiger partial charge is 0.463 e. The Morgan fingerprint density at radius 1 is 1.00 bits per heavy atom. The summed E-state index contributed by atoms with van der Waals surface area (Å²) >= 11 is 0. The van der Waals surface area contributed by atoms with Crippen molar-refractivity contribution in [2.45, 2.75) is 39.2 Å². The summed E-state index contributed by atoms with van der Waals surface area (Å²) in [5, 5.41) is 0. The Bertz CT molecular complexity index is 679. The third-order valence-corrected chi connectivity index (χ3v) is 3.98. The lowest BCUT2D eigenvalue weighted by Gasteiger charge is -2.13. The van der Waals surface area contributed by atoms with Crippen molar-refractivity contribution < 1.29 is 9.53 Å². The SMILES string of the molecule is CCCCC(/C=C/C(=O)OCC)N=C(c1ccccc1)c1ccccc1. The van der Waals surface area contributed by atoms with Gasteiger partial charge in [-0.15, -0.1) is 0 Å². The van der Waals surface area contributed by atoms with Gasteiger partial charge in [-0.2, -0.15) is 0 Å². The molecule has 0 spiro atoms. The zero-order chi connectivity index (χ0) is 18.6.